The lowest BCUT2D eigenvalue weighted by atomic mass is 9.70. The Balaban J connectivity index is 2.07. The molecule has 2 heteroatoms. The van der Waals surface area contributed by atoms with Gasteiger partial charge in [-0.2, -0.15) is 0 Å². The Labute approximate surface area is 130 Å². The molecule has 1 saturated carbocycles. The number of hydrogen-bond donors (Lipinski definition) is 1. The van der Waals surface area contributed by atoms with Crippen molar-refractivity contribution in [1.82, 2.24) is 5.32 Å². The zero-order valence-corrected chi connectivity index (χ0v) is 13.9. The molecule has 0 radical (unpaired) electrons. The van der Waals surface area contributed by atoms with E-state index in [0.717, 1.165) is 24.1 Å². The quantitative estimate of drug-likeness (QED) is 0.740. The highest BCUT2D eigenvalue weighted by Gasteiger charge is 2.30. The molecule has 1 aliphatic carbocycles. The highest BCUT2D eigenvalue weighted by Crippen LogP contribution is 2.41. The lowest BCUT2D eigenvalue weighted by molar-refractivity contribution is 0.226. The average Bonchev–Trinajstić information content (AvgIpc) is 2.55. The van der Waals surface area contributed by atoms with Gasteiger partial charge in [-0.3, -0.25) is 0 Å². The zero-order chi connectivity index (χ0) is 15.1. The molecular weight excluding hydrogens is 258 g/mol. The van der Waals surface area contributed by atoms with Gasteiger partial charge in [0, 0.05) is 0 Å². The summed E-state index contributed by atoms with van der Waals surface area (Å²) in [6.07, 6.45) is 6.66. The number of methoxy groups -OCH3 is 1. The van der Waals surface area contributed by atoms with Crippen LogP contribution >= 0.6 is 0 Å². The molecule has 0 heterocycles. The molecule has 3 atom stereocenters. The van der Waals surface area contributed by atoms with Gasteiger partial charge >= 0.3 is 0 Å². The third-order valence-electron chi connectivity index (χ3n) is 5.06. The van der Waals surface area contributed by atoms with E-state index in [-0.39, 0.29) is 0 Å². The molecule has 21 heavy (non-hydrogen) atoms. The average molecular weight is 289 g/mol. The van der Waals surface area contributed by atoms with Gasteiger partial charge in [0.2, 0.25) is 0 Å². The van der Waals surface area contributed by atoms with Crippen molar-refractivity contribution in [2.45, 2.75) is 51.9 Å². The van der Waals surface area contributed by atoms with Crippen molar-refractivity contribution in [3.8, 4) is 5.75 Å². The van der Waals surface area contributed by atoms with Gasteiger partial charge in [0.1, 0.15) is 5.75 Å². The van der Waals surface area contributed by atoms with Gasteiger partial charge < -0.3 is 10.1 Å². The van der Waals surface area contributed by atoms with Crippen molar-refractivity contribution >= 4 is 0 Å². The molecule has 1 fully saturated rings. The first-order valence-electron chi connectivity index (χ1n) is 8.63. The third-order valence-corrected chi connectivity index (χ3v) is 5.06. The summed E-state index contributed by atoms with van der Waals surface area (Å²) in [6.45, 7) is 6.89. The smallest absolute Gasteiger partial charge is 0.118 e. The number of rotatable bonds is 7. The summed E-state index contributed by atoms with van der Waals surface area (Å²) in [4.78, 5) is 0. The number of benzene rings is 1. The summed E-state index contributed by atoms with van der Waals surface area (Å²) in [6, 6.07) is 8.77. The number of ether oxygens (including phenoxy) is 1. The molecule has 118 valence electrons. The minimum Gasteiger partial charge on any atom is -0.497 e. The van der Waals surface area contributed by atoms with E-state index in [1.807, 2.05) is 0 Å². The molecule has 3 unspecified atom stereocenters. The largest absolute Gasteiger partial charge is 0.497 e. The van der Waals surface area contributed by atoms with Crippen LogP contribution in [0.2, 0.25) is 0 Å². The maximum atomic E-state index is 5.29. The first kappa shape index (κ1) is 16.4. The first-order valence-corrected chi connectivity index (χ1v) is 8.63. The van der Waals surface area contributed by atoms with Gasteiger partial charge in [0.05, 0.1) is 7.11 Å². The van der Waals surface area contributed by atoms with Gasteiger partial charge in [0.25, 0.3) is 0 Å². The summed E-state index contributed by atoms with van der Waals surface area (Å²) in [7, 11) is 1.74. The lowest BCUT2D eigenvalue weighted by Crippen LogP contribution is -2.32. The van der Waals surface area contributed by atoms with Crippen LogP contribution < -0.4 is 10.1 Å². The van der Waals surface area contributed by atoms with Crippen LogP contribution in [0.5, 0.6) is 5.75 Å². The van der Waals surface area contributed by atoms with Gasteiger partial charge in [-0.05, 0) is 67.8 Å². The summed E-state index contributed by atoms with van der Waals surface area (Å²) in [5.41, 5.74) is 1.50. The Morgan fingerprint density at radius 3 is 2.52 bits per heavy atom. The Hall–Kier alpha value is -1.02. The van der Waals surface area contributed by atoms with Crippen molar-refractivity contribution in [2.24, 2.45) is 11.8 Å². The van der Waals surface area contributed by atoms with Gasteiger partial charge in [-0.1, -0.05) is 38.8 Å². The topological polar surface area (TPSA) is 21.3 Å². The lowest BCUT2D eigenvalue weighted by Gasteiger charge is -2.36. The molecule has 0 amide bonds. The maximum Gasteiger partial charge on any atom is 0.118 e. The molecule has 0 saturated heterocycles. The Kier molecular flexibility index (Phi) is 6.56. The van der Waals surface area contributed by atoms with Crippen LogP contribution in [0.25, 0.3) is 0 Å². The molecule has 1 aromatic rings. The predicted octanol–water partition coefficient (Wildman–Crippen LogP) is 4.60. The fourth-order valence-electron chi connectivity index (χ4n) is 3.66. The Bertz CT molecular complexity index is 399. The molecule has 0 aromatic heterocycles. The van der Waals surface area contributed by atoms with Gasteiger partial charge in [-0.25, -0.2) is 0 Å². The predicted molar refractivity (Wildman–Crippen MR) is 90.0 cm³/mol. The van der Waals surface area contributed by atoms with Crippen molar-refractivity contribution in [3.05, 3.63) is 29.8 Å². The highest BCUT2D eigenvalue weighted by atomic mass is 16.5. The molecule has 0 aliphatic heterocycles. The van der Waals surface area contributed by atoms with E-state index in [2.05, 4.69) is 43.4 Å². The molecule has 1 N–H and O–H groups in total. The number of nitrogens with one attached hydrogen (secondary N) is 1. The van der Waals surface area contributed by atoms with Crippen molar-refractivity contribution < 1.29 is 4.74 Å². The number of hydrogen-bond acceptors (Lipinski definition) is 2. The maximum absolute atomic E-state index is 5.29. The van der Waals surface area contributed by atoms with E-state index in [1.54, 1.807) is 7.11 Å². The molecule has 2 rings (SSSR count). The second-order valence-corrected chi connectivity index (χ2v) is 6.43. The summed E-state index contributed by atoms with van der Waals surface area (Å²) < 4.78 is 5.29. The van der Waals surface area contributed by atoms with E-state index in [0.29, 0.717) is 5.92 Å². The van der Waals surface area contributed by atoms with Crippen LogP contribution in [-0.2, 0) is 0 Å². The summed E-state index contributed by atoms with van der Waals surface area (Å²) in [5, 5.41) is 3.64. The van der Waals surface area contributed by atoms with E-state index < -0.39 is 0 Å². The van der Waals surface area contributed by atoms with Crippen molar-refractivity contribution in [2.75, 3.05) is 20.2 Å². The fourth-order valence-corrected chi connectivity index (χ4v) is 3.66. The van der Waals surface area contributed by atoms with Crippen LogP contribution in [0.1, 0.15) is 57.4 Å². The molecular formula is C19H31NO. The van der Waals surface area contributed by atoms with Gasteiger partial charge in [0.15, 0.2) is 0 Å². The van der Waals surface area contributed by atoms with Gasteiger partial charge in [-0.15, -0.1) is 0 Å². The Morgan fingerprint density at radius 1 is 1.14 bits per heavy atom. The summed E-state index contributed by atoms with van der Waals surface area (Å²) >= 11 is 0. The normalized spacial score (nSPS) is 25.8. The minimum absolute atomic E-state index is 0.707. The van der Waals surface area contributed by atoms with E-state index >= 15 is 0 Å². The molecule has 2 nitrogen and oxygen atoms in total. The minimum atomic E-state index is 0.707. The summed E-state index contributed by atoms with van der Waals surface area (Å²) in [5.74, 6) is 3.36. The second kappa shape index (κ2) is 8.43. The SMILES string of the molecule is CCCNCC1CCC(CC)CC1c1ccc(OC)cc1. The van der Waals surface area contributed by atoms with E-state index in [9.17, 15) is 0 Å². The van der Waals surface area contributed by atoms with Crippen LogP contribution in [-0.4, -0.2) is 20.2 Å². The highest BCUT2D eigenvalue weighted by molar-refractivity contribution is 5.30. The monoisotopic (exact) mass is 289 g/mol. The molecule has 0 bridgehead atoms. The zero-order valence-electron chi connectivity index (χ0n) is 13.9. The molecule has 1 aromatic carbocycles. The van der Waals surface area contributed by atoms with Crippen LogP contribution in [0.15, 0.2) is 24.3 Å². The van der Waals surface area contributed by atoms with E-state index in [4.69, 9.17) is 4.74 Å². The fraction of sp³-hybridized carbons (Fsp3) is 0.684. The van der Waals surface area contributed by atoms with Crippen LogP contribution in [0.3, 0.4) is 0 Å². The second-order valence-electron chi connectivity index (χ2n) is 6.43. The van der Waals surface area contributed by atoms with Crippen molar-refractivity contribution in [1.29, 1.82) is 0 Å². The van der Waals surface area contributed by atoms with Crippen LogP contribution in [0, 0.1) is 11.8 Å². The standard InChI is InChI=1S/C19H31NO/c1-4-12-20-14-17-7-6-15(5-2)13-19(17)16-8-10-18(21-3)11-9-16/h8-11,15,17,19-20H,4-7,12-14H2,1-3H3. The Morgan fingerprint density at radius 2 is 1.90 bits per heavy atom. The van der Waals surface area contributed by atoms with Crippen LogP contribution in [0.4, 0.5) is 0 Å². The first-order chi connectivity index (χ1) is 10.3. The molecule has 1 aliphatic rings. The third kappa shape index (κ3) is 4.47. The van der Waals surface area contributed by atoms with Crippen molar-refractivity contribution in [3.63, 3.8) is 0 Å². The van der Waals surface area contributed by atoms with E-state index in [1.165, 1.54) is 44.2 Å². The molecule has 0 spiro atoms.